The summed E-state index contributed by atoms with van der Waals surface area (Å²) in [6, 6.07) is 0. The monoisotopic (exact) mass is 307 g/mol. The van der Waals surface area contributed by atoms with Crippen LogP contribution in [0.2, 0.25) is 0 Å². The summed E-state index contributed by atoms with van der Waals surface area (Å²) in [6.07, 6.45) is 0.341. The maximum Gasteiger partial charge on any atom is 0.415 e. The van der Waals surface area contributed by atoms with Gasteiger partial charge in [-0.05, 0) is 5.53 Å². The van der Waals surface area contributed by atoms with Crippen LogP contribution in [0.25, 0.3) is 10.4 Å². The average molecular weight is 307 g/mol. The van der Waals surface area contributed by atoms with Gasteiger partial charge in [-0.15, -0.1) is 0 Å². The molecule has 0 spiro atoms. The molecule has 1 aromatic heterocycles. The van der Waals surface area contributed by atoms with Crippen molar-refractivity contribution in [1.29, 1.82) is 0 Å². The molecule has 0 saturated carbocycles. The third-order valence-corrected chi connectivity index (χ3v) is 3.80. The van der Waals surface area contributed by atoms with E-state index in [1.165, 1.54) is 22.9 Å². The Labute approximate surface area is 122 Å². The Bertz CT molecular complexity index is 660. The zero-order chi connectivity index (χ0) is 14.8. The summed E-state index contributed by atoms with van der Waals surface area (Å²) in [5.41, 5.74) is 8.27. The van der Waals surface area contributed by atoms with E-state index >= 15 is 0 Å². The van der Waals surface area contributed by atoms with Crippen LogP contribution in [0, 0.1) is 0 Å². The van der Waals surface area contributed by atoms with E-state index in [0.29, 0.717) is 16.6 Å². The number of amides is 2. The highest BCUT2D eigenvalue weighted by Gasteiger charge is 2.33. The molecule has 1 aromatic rings. The van der Waals surface area contributed by atoms with Crippen LogP contribution >= 0.6 is 11.8 Å². The number of hydrogen-bond donors (Lipinski definition) is 1. The van der Waals surface area contributed by atoms with Crippen molar-refractivity contribution in [2.24, 2.45) is 5.11 Å². The van der Waals surface area contributed by atoms with Crippen molar-refractivity contribution in [1.82, 2.24) is 9.97 Å². The molecule has 0 bridgehead atoms. The van der Waals surface area contributed by atoms with E-state index in [0.717, 1.165) is 0 Å². The SMILES string of the molecule is [N-]=[N+]=NC[C@@H]1CN(c2cnc3c(n2)NC(=O)CS3)C(=O)O1. The molecule has 2 aliphatic heterocycles. The van der Waals surface area contributed by atoms with Crippen LogP contribution in [0.1, 0.15) is 0 Å². The molecule has 21 heavy (non-hydrogen) atoms. The fourth-order valence-corrected chi connectivity index (χ4v) is 2.62. The van der Waals surface area contributed by atoms with Crippen LogP contribution in [0.15, 0.2) is 16.3 Å². The Kier molecular flexibility index (Phi) is 3.50. The second-order valence-corrected chi connectivity index (χ2v) is 5.21. The Morgan fingerprint density at radius 2 is 2.48 bits per heavy atom. The van der Waals surface area contributed by atoms with Crippen molar-refractivity contribution in [3.63, 3.8) is 0 Å². The van der Waals surface area contributed by atoms with Gasteiger partial charge in [0.15, 0.2) is 11.6 Å². The number of thioether (sulfide) groups is 1. The number of cyclic esters (lactones) is 1. The van der Waals surface area contributed by atoms with Gasteiger partial charge in [0.05, 0.1) is 25.0 Å². The molecule has 1 atom stereocenters. The lowest BCUT2D eigenvalue weighted by molar-refractivity contribution is -0.113. The summed E-state index contributed by atoms with van der Waals surface area (Å²) in [4.78, 5) is 35.4. The van der Waals surface area contributed by atoms with Crippen molar-refractivity contribution >= 4 is 35.4 Å². The molecule has 1 fully saturated rings. The predicted octanol–water partition coefficient (Wildman–Crippen LogP) is 1.16. The number of aromatic nitrogens is 2. The highest BCUT2D eigenvalue weighted by atomic mass is 32.2. The Hall–Kier alpha value is -2.52. The summed E-state index contributed by atoms with van der Waals surface area (Å²) in [7, 11) is 0. The first-order valence-electron chi connectivity index (χ1n) is 5.96. The number of rotatable bonds is 3. The van der Waals surface area contributed by atoms with Gasteiger partial charge in [-0.25, -0.2) is 14.8 Å². The number of anilines is 2. The van der Waals surface area contributed by atoms with Gasteiger partial charge in [0.25, 0.3) is 0 Å². The topological polar surface area (TPSA) is 133 Å². The van der Waals surface area contributed by atoms with Gasteiger partial charge in [0.2, 0.25) is 5.91 Å². The molecule has 108 valence electrons. The lowest BCUT2D eigenvalue weighted by atomic mass is 10.3. The predicted molar refractivity (Wildman–Crippen MR) is 73.0 cm³/mol. The minimum absolute atomic E-state index is 0.0592. The van der Waals surface area contributed by atoms with Crippen LogP contribution in [0.3, 0.4) is 0 Å². The van der Waals surface area contributed by atoms with Gasteiger partial charge < -0.3 is 10.1 Å². The van der Waals surface area contributed by atoms with Gasteiger partial charge in [0, 0.05) is 4.91 Å². The Morgan fingerprint density at radius 3 is 3.29 bits per heavy atom. The molecule has 2 amide bonds. The van der Waals surface area contributed by atoms with Crippen molar-refractivity contribution in [2.75, 3.05) is 29.1 Å². The summed E-state index contributed by atoms with van der Waals surface area (Å²) >= 11 is 1.28. The second kappa shape index (κ2) is 5.46. The van der Waals surface area contributed by atoms with Crippen molar-refractivity contribution < 1.29 is 14.3 Å². The van der Waals surface area contributed by atoms with E-state index in [2.05, 4.69) is 25.3 Å². The normalized spacial score (nSPS) is 20.4. The number of azide groups is 1. The zero-order valence-electron chi connectivity index (χ0n) is 10.6. The van der Waals surface area contributed by atoms with Gasteiger partial charge >= 0.3 is 6.09 Å². The van der Waals surface area contributed by atoms with E-state index in [1.54, 1.807) is 0 Å². The van der Waals surface area contributed by atoms with E-state index in [9.17, 15) is 9.59 Å². The minimum atomic E-state index is -0.586. The van der Waals surface area contributed by atoms with E-state index in [4.69, 9.17) is 10.3 Å². The lowest BCUT2D eigenvalue weighted by Crippen LogP contribution is -2.28. The van der Waals surface area contributed by atoms with E-state index in [1.807, 2.05) is 0 Å². The van der Waals surface area contributed by atoms with Gasteiger partial charge in [0.1, 0.15) is 11.1 Å². The van der Waals surface area contributed by atoms with Crippen molar-refractivity contribution in [3.05, 3.63) is 16.6 Å². The molecule has 1 saturated heterocycles. The quantitative estimate of drug-likeness (QED) is 0.506. The smallest absolute Gasteiger partial charge is 0.415 e. The molecular formula is C10H9N7O3S. The van der Waals surface area contributed by atoms with Gasteiger partial charge in [-0.1, -0.05) is 16.9 Å². The third-order valence-electron chi connectivity index (χ3n) is 2.82. The maximum atomic E-state index is 11.8. The van der Waals surface area contributed by atoms with Crippen LogP contribution in [-0.2, 0) is 9.53 Å². The second-order valence-electron chi connectivity index (χ2n) is 4.25. The fraction of sp³-hybridized carbons (Fsp3) is 0.400. The van der Waals surface area contributed by atoms with E-state index in [-0.39, 0.29) is 24.8 Å². The Balaban J connectivity index is 1.81. The van der Waals surface area contributed by atoms with Crippen LogP contribution in [0.4, 0.5) is 16.4 Å². The van der Waals surface area contributed by atoms with Crippen molar-refractivity contribution in [2.45, 2.75) is 11.1 Å². The number of fused-ring (bicyclic) bond motifs is 1. The summed E-state index contributed by atoms with van der Waals surface area (Å²) < 4.78 is 5.06. The van der Waals surface area contributed by atoms with Gasteiger partial charge in [-0.3, -0.25) is 9.69 Å². The number of carbonyl (C=O) groups is 2. The first-order chi connectivity index (χ1) is 10.2. The summed E-state index contributed by atoms with van der Waals surface area (Å²) in [5.74, 6) is 0.746. The number of carbonyl (C=O) groups excluding carboxylic acids is 2. The maximum absolute atomic E-state index is 11.8. The first kappa shape index (κ1) is 13.5. The third kappa shape index (κ3) is 2.69. The zero-order valence-corrected chi connectivity index (χ0v) is 11.4. The summed E-state index contributed by atoms with van der Waals surface area (Å²) in [5, 5.41) is 6.59. The first-order valence-corrected chi connectivity index (χ1v) is 6.94. The molecule has 10 nitrogen and oxygen atoms in total. The number of nitrogens with zero attached hydrogens (tertiary/aromatic N) is 6. The molecule has 0 radical (unpaired) electrons. The number of nitrogens with one attached hydrogen (secondary N) is 1. The van der Waals surface area contributed by atoms with Gasteiger partial charge in [-0.2, -0.15) is 0 Å². The molecule has 3 heterocycles. The molecule has 3 rings (SSSR count). The molecule has 0 unspecified atom stereocenters. The number of hydrogen-bond acceptors (Lipinski definition) is 7. The van der Waals surface area contributed by atoms with Crippen LogP contribution < -0.4 is 10.2 Å². The summed E-state index contributed by atoms with van der Waals surface area (Å²) in [6.45, 7) is 0.274. The number of ether oxygens (including phenoxy) is 1. The molecule has 0 aromatic carbocycles. The lowest BCUT2D eigenvalue weighted by Gasteiger charge is -2.17. The minimum Gasteiger partial charge on any atom is -0.444 e. The average Bonchev–Trinajstić information content (AvgIpc) is 2.85. The fourth-order valence-electron chi connectivity index (χ4n) is 1.92. The highest BCUT2D eigenvalue weighted by molar-refractivity contribution is 8.00. The van der Waals surface area contributed by atoms with Crippen molar-refractivity contribution in [3.8, 4) is 0 Å². The standard InChI is InChI=1S/C10H9N7O3S/c11-16-13-1-5-3-17(10(19)20-5)6-2-12-9-8(14-6)15-7(18)4-21-9/h2,5H,1,3-4H2,(H,14,15,18)/t5-/m1/s1. The highest BCUT2D eigenvalue weighted by Crippen LogP contribution is 2.30. The molecule has 11 heteroatoms. The van der Waals surface area contributed by atoms with Crippen LogP contribution in [0.5, 0.6) is 0 Å². The largest absolute Gasteiger partial charge is 0.444 e. The molecule has 1 N–H and O–H groups in total. The molecule has 0 aliphatic carbocycles. The molecular weight excluding hydrogens is 298 g/mol. The van der Waals surface area contributed by atoms with Crippen LogP contribution in [-0.4, -0.2) is 46.9 Å². The van der Waals surface area contributed by atoms with E-state index < -0.39 is 12.2 Å². The Morgan fingerprint density at radius 1 is 1.62 bits per heavy atom. The molecule has 2 aliphatic rings.